The zero-order valence-electron chi connectivity index (χ0n) is 15.2. The van der Waals surface area contributed by atoms with Crippen LogP contribution in [-0.2, 0) is 9.47 Å². The maximum atomic E-state index is 6.19. The van der Waals surface area contributed by atoms with Gasteiger partial charge in [0.05, 0.1) is 5.60 Å². The summed E-state index contributed by atoms with van der Waals surface area (Å²) in [6, 6.07) is 10.3. The summed E-state index contributed by atoms with van der Waals surface area (Å²) in [7, 11) is 0. The zero-order chi connectivity index (χ0) is 18.1. The highest BCUT2D eigenvalue weighted by Crippen LogP contribution is 2.40. The van der Waals surface area contributed by atoms with Gasteiger partial charge >= 0.3 is 0 Å². The number of hydrogen-bond acceptors (Lipinski definition) is 5. The first-order chi connectivity index (χ1) is 13.3. The van der Waals surface area contributed by atoms with E-state index >= 15 is 0 Å². The van der Waals surface area contributed by atoms with Gasteiger partial charge in [-0.1, -0.05) is 18.2 Å². The van der Waals surface area contributed by atoms with Gasteiger partial charge in [-0.2, -0.15) is 0 Å². The van der Waals surface area contributed by atoms with E-state index in [2.05, 4.69) is 20.7 Å². The van der Waals surface area contributed by atoms with Crippen LogP contribution in [0.3, 0.4) is 0 Å². The van der Waals surface area contributed by atoms with Gasteiger partial charge in [0.15, 0.2) is 5.82 Å². The summed E-state index contributed by atoms with van der Waals surface area (Å²) in [4.78, 5) is 9.26. The molecule has 1 aromatic carbocycles. The Hall–Kier alpha value is -2.44. The van der Waals surface area contributed by atoms with Crippen LogP contribution in [0.15, 0.2) is 53.4 Å². The second-order valence-corrected chi connectivity index (χ2v) is 7.35. The molecule has 6 nitrogen and oxygen atoms in total. The van der Waals surface area contributed by atoms with Crippen LogP contribution in [0.1, 0.15) is 31.7 Å². The summed E-state index contributed by atoms with van der Waals surface area (Å²) in [6.07, 6.45) is 9.50. The molecule has 2 aromatic heterocycles. The Morgan fingerprint density at radius 1 is 1.07 bits per heavy atom. The topological polar surface area (TPSA) is 62.3 Å². The first-order valence-corrected chi connectivity index (χ1v) is 9.59. The number of benzene rings is 1. The van der Waals surface area contributed by atoms with Crippen LogP contribution in [0.25, 0.3) is 23.0 Å². The maximum absolute atomic E-state index is 6.19. The number of imidazole rings is 1. The summed E-state index contributed by atoms with van der Waals surface area (Å²) in [6.45, 7) is 2.34. The zero-order valence-corrected chi connectivity index (χ0v) is 15.2. The Kier molecular flexibility index (Phi) is 4.30. The molecule has 0 saturated carbocycles. The lowest BCUT2D eigenvalue weighted by Crippen LogP contribution is -2.44. The van der Waals surface area contributed by atoms with E-state index in [1.807, 2.05) is 36.5 Å². The Bertz CT molecular complexity index is 891. The van der Waals surface area contributed by atoms with E-state index in [9.17, 15) is 0 Å². The molecular weight excluding hydrogens is 342 g/mol. The fourth-order valence-electron chi connectivity index (χ4n) is 4.23. The lowest BCUT2D eigenvalue weighted by molar-refractivity contribution is -0.144. The summed E-state index contributed by atoms with van der Waals surface area (Å²) in [5, 5.41) is 0. The second-order valence-electron chi connectivity index (χ2n) is 7.35. The standard InChI is InChI=1S/C21H23N3O3/c1-2-4-16(5-3-1)20-23-18(15-26-20)19-22-9-10-24(19)17-6-11-27-21(14-17)7-12-25-13-8-21/h1-5,9-10,15,17H,6-8,11-14H2. The molecule has 0 aliphatic carbocycles. The van der Waals surface area contributed by atoms with E-state index in [0.717, 1.165) is 62.6 Å². The molecule has 0 amide bonds. The maximum Gasteiger partial charge on any atom is 0.226 e. The van der Waals surface area contributed by atoms with E-state index < -0.39 is 0 Å². The normalized spacial score (nSPS) is 22.1. The molecule has 2 aliphatic rings. The van der Waals surface area contributed by atoms with E-state index in [-0.39, 0.29) is 5.60 Å². The molecule has 0 radical (unpaired) electrons. The SMILES string of the molecule is c1ccc(-c2nc(-c3nccn3C3CCOC4(CCOCC4)C3)co2)cc1. The fourth-order valence-corrected chi connectivity index (χ4v) is 4.23. The summed E-state index contributed by atoms with van der Waals surface area (Å²) < 4.78 is 19.7. The highest BCUT2D eigenvalue weighted by Gasteiger charge is 2.40. The van der Waals surface area contributed by atoms with Gasteiger partial charge in [-0.15, -0.1) is 0 Å². The van der Waals surface area contributed by atoms with Gasteiger partial charge in [0.2, 0.25) is 5.89 Å². The molecule has 5 rings (SSSR count). The number of rotatable bonds is 3. The van der Waals surface area contributed by atoms with Crippen molar-refractivity contribution in [1.29, 1.82) is 0 Å². The summed E-state index contributed by atoms with van der Waals surface area (Å²) >= 11 is 0. The van der Waals surface area contributed by atoms with Crippen LogP contribution < -0.4 is 0 Å². The average Bonchev–Trinajstić information content (AvgIpc) is 3.39. The Labute approximate surface area is 158 Å². The molecule has 3 aromatic rings. The van der Waals surface area contributed by atoms with Gasteiger partial charge in [-0.05, 0) is 37.8 Å². The monoisotopic (exact) mass is 365 g/mol. The summed E-state index contributed by atoms with van der Waals surface area (Å²) in [5.41, 5.74) is 1.68. The molecule has 6 heteroatoms. The van der Waals surface area contributed by atoms with Crippen LogP contribution in [0.5, 0.6) is 0 Å². The largest absolute Gasteiger partial charge is 0.444 e. The Morgan fingerprint density at radius 2 is 1.93 bits per heavy atom. The highest BCUT2D eigenvalue weighted by atomic mass is 16.5. The molecule has 1 spiro atoms. The minimum absolute atomic E-state index is 0.0538. The minimum atomic E-state index is -0.0538. The number of oxazole rings is 1. The first kappa shape index (κ1) is 16.7. The van der Waals surface area contributed by atoms with Crippen LogP contribution in [0.4, 0.5) is 0 Å². The molecule has 2 fully saturated rings. The van der Waals surface area contributed by atoms with Crippen molar-refractivity contribution in [2.45, 2.75) is 37.3 Å². The third kappa shape index (κ3) is 3.19. The van der Waals surface area contributed by atoms with Gasteiger partial charge in [-0.3, -0.25) is 0 Å². The number of aromatic nitrogens is 3. The quantitative estimate of drug-likeness (QED) is 0.699. The number of nitrogens with zero attached hydrogens (tertiary/aromatic N) is 3. The van der Waals surface area contributed by atoms with Crippen molar-refractivity contribution in [1.82, 2.24) is 14.5 Å². The molecule has 0 N–H and O–H groups in total. The van der Waals surface area contributed by atoms with Gasteiger partial charge in [0.1, 0.15) is 12.0 Å². The van der Waals surface area contributed by atoms with Crippen molar-refractivity contribution >= 4 is 0 Å². The lowest BCUT2D eigenvalue weighted by Gasteiger charge is -2.43. The molecule has 4 heterocycles. The predicted octanol–water partition coefficient (Wildman–Crippen LogP) is 4.11. The Morgan fingerprint density at radius 3 is 2.78 bits per heavy atom. The first-order valence-electron chi connectivity index (χ1n) is 9.59. The van der Waals surface area contributed by atoms with Gasteiger partial charge in [0, 0.05) is 43.8 Å². The highest BCUT2D eigenvalue weighted by molar-refractivity contribution is 5.58. The van der Waals surface area contributed by atoms with E-state index in [4.69, 9.17) is 13.9 Å². The number of ether oxygens (including phenoxy) is 2. The van der Waals surface area contributed by atoms with Crippen molar-refractivity contribution < 1.29 is 13.9 Å². The van der Waals surface area contributed by atoms with Crippen molar-refractivity contribution in [2.24, 2.45) is 0 Å². The van der Waals surface area contributed by atoms with E-state index in [1.54, 1.807) is 6.26 Å². The fraction of sp³-hybridized carbons (Fsp3) is 0.429. The molecule has 2 saturated heterocycles. The van der Waals surface area contributed by atoms with Crippen molar-refractivity contribution in [3.8, 4) is 23.0 Å². The molecular formula is C21H23N3O3. The van der Waals surface area contributed by atoms with Gasteiger partial charge in [0.25, 0.3) is 0 Å². The molecule has 140 valence electrons. The van der Waals surface area contributed by atoms with Crippen LogP contribution in [0, 0.1) is 0 Å². The lowest BCUT2D eigenvalue weighted by atomic mass is 9.84. The van der Waals surface area contributed by atoms with Gasteiger partial charge < -0.3 is 18.5 Å². The van der Waals surface area contributed by atoms with Crippen molar-refractivity contribution in [3.05, 3.63) is 49.0 Å². The molecule has 0 bridgehead atoms. The van der Waals surface area contributed by atoms with Crippen molar-refractivity contribution in [3.63, 3.8) is 0 Å². The predicted molar refractivity (Wildman–Crippen MR) is 100 cm³/mol. The minimum Gasteiger partial charge on any atom is -0.444 e. The van der Waals surface area contributed by atoms with Crippen LogP contribution >= 0.6 is 0 Å². The van der Waals surface area contributed by atoms with Crippen molar-refractivity contribution in [2.75, 3.05) is 19.8 Å². The summed E-state index contributed by atoms with van der Waals surface area (Å²) in [5.74, 6) is 1.48. The van der Waals surface area contributed by atoms with Crippen LogP contribution in [0.2, 0.25) is 0 Å². The van der Waals surface area contributed by atoms with E-state index in [1.165, 1.54) is 0 Å². The smallest absolute Gasteiger partial charge is 0.226 e. The molecule has 2 aliphatic heterocycles. The average molecular weight is 365 g/mol. The molecule has 27 heavy (non-hydrogen) atoms. The third-order valence-electron chi connectivity index (χ3n) is 5.69. The van der Waals surface area contributed by atoms with Crippen LogP contribution in [-0.4, -0.2) is 40.0 Å². The molecule has 1 unspecified atom stereocenters. The van der Waals surface area contributed by atoms with Gasteiger partial charge in [-0.25, -0.2) is 9.97 Å². The molecule has 1 atom stereocenters. The van der Waals surface area contributed by atoms with E-state index in [0.29, 0.717) is 11.9 Å². The number of hydrogen-bond donors (Lipinski definition) is 0. The Balaban J connectivity index is 1.42. The second kappa shape index (κ2) is 6.94. The third-order valence-corrected chi connectivity index (χ3v) is 5.69.